The average molecular weight is 327 g/mol. The number of aromatic carboxylic acids is 1. The van der Waals surface area contributed by atoms with E-state index in [1.165, 1.54) is 5.39 Å². The largest absolute Gasteiger partial charge is 0.478 e. The Hall–Kier alpha value is -2.13. The molecule has 0 bridgehead atoms. The number of hydrogen-bond acceptors (Lipinski definition) is 1. The van der Waals surface area contributed by atoms with Crippen LogP contribution in [0.3, 0.4) is 0 Å². The zero-order valence-corrected chi connectivity index (χ0v) is 12.1. The maximum atomic E-state index is 11.2. The van der Waals surface area contributed by atoms with Gasteiger partial charge in [-0.2, -0.15) is 0 Å². The third-order valence-electron chi connectivity index (χ3n) is 3.29. The maximum Gasteiger partial charge on any atom is 0.336 e. The number of fused-ring (bicyclic) bond motifs is 1. The van der Waals surface area contributed by atoms with Gasteiger partial charge in [-0.15, -0.1) is 0 Å². The Kier molecular flexibility index (Phi) is 3.28. The van der Waals surface area contributed by atoms with Gasteiger partial charge in [0.25, 0.3) is 0 Å². The fraction of sp³-hybridized carbons (Fsp3) is 0. The third-order valence-corrected chi connectivity index (χ3v) is 4.14. The van der Waals surface area contributed by atoms with Gasteiger partial charge in [0.05, 0.1) is 5.56 Å². The minimum Gasteiger partial charge on any atom is -0.478 e. The van der Waals surface area contributed by atoms with Crippen molar-refractivity contribution in [2.75, 3.05) is 0 Å². The van der Waals surface area contributed by atoms with Crippen molar-refractivity contribution < 1.29 is 9.90 Å². The first-order valence-corrected chi connectivity index (χ1v) is 6.97. The van der Waals surface area contributed by atoms with Crippen molar-refractivity contribution in [1.82, 2.24) is 0 Å². The second-order valence-electron chi connectivity index (χ2n) is 4.53. The maximum absolute atomic E-state index is 11.2. The van der Waals surface area contributed by atoms with Crippen LogP contribution in [0, 0.1) is 0 Å². The lowest BCUT2D eigenvalue weighted by atomic mass is 10.00. The molecule has 3 aromatic carbocycles. The van der Waals surface area contributed by atoms with Crippen LogP contribution in [-0.4, -0.2) is 11.1 Å². The Balaban J connectivity index is 2.20. The molecule has 0 saturated carbocycles. The fourth-order valence-electron chi connectivity index (χ4n) is 2.28. The highest BCUT2D eigenvalue weighted by atomic mass is 79.9. The van der Waals surface area contributed by atoms with Gasteiger partial charge >= 0.3 is 5.97 Å². The zero-order chi connectivity index (χ0) is 14.1. The summed E-state index contributed by atoms with van der Waals surface area (Å²) in [6.45, 7) is 0. The highest BCUT2D eigenvalue weighted by Gasteiger charge is 2.12. The van der Waals surface area contributed by atoms with Gasteiger partial charge in [0, 0.05) is 4.47 Å². The van der Waals surface area contributed by atoms with E-state index in [0.29, 0.717) is 4.47 Å². The van der Waals surface area contributed by atoms with E-state index in [1.54, 1.807) is 12.1 Å². The first kappa shape index (κ1) is 12.9. The molecule has 2 nitrogen and oxygen atoms in total. The Labute approximate surface area is 124 Å². The van der Waals surface area contributed by atoms with Crippen LogP contribution in [0.5, 0.6) is 0 Å². The molecule has 0 heterocycles. The smallest absolute Gasteiger partial charge is 0.336 e. The normalized spacial score (nSPS) is 10.7. The zero-order valence-electron chi connectivity index (χ0n) is 10.5. The Morgan fingerprint density at radius 2 is 1.65 bits per heavy atom. The van der Waals surface area contributed by atoms with E-state index < -0.39 is 5.97 Å². The van der Waals surface area contributed by atoms with Crippen molar-refractivity contribution in [3.8, 4) is 11.1 Å². The molecule has 0 aliphatic rings. The highest BCUT2D eigenvalue weighted by Crippen LogP contribution is 2.32. The summed E-state index contributed by atoms with van der Waals surface area (Å²) < 4.78 is 0.614. The number of rotatable bonds is 2. The van der Waals surface area contributed by atoms with Crippen molar-refractivity contribution in [2.24, 2.45) is 0 Å². The van der Waals surface area contributed by atoms with E-state index in [-0.39, 0.29) is 5.56 Å². The molecule has 20 heavy (non-hydrogen) atoms. The fourth-order valence-corrected chi connectivity index (χ4v) is 2.94. The van der Waals surface area contributed by atoms with Crippen LogP contribution >= 0.6 is 15.9 Å². The summed E-state index contributed by atoms with van der Waals surface area (Å²) in [6, 6.07) is 19.5. The average Bonchev–Trinajstić information content (AvgIpc) is 2.46. The molecule has 0 unspecified atom stereocenters. The van der Waals surface area contributed by atoms with Crippen LogP contribution in [0.25, 0.3) is 21.9 Å². The molecule has 3 aromatic rings. The lowest BCUT2D eigenvalue weighted by Crippen LogP contribution is -1.98. The van der Waals surface area contributed by atoms with Crippen molar-refractivity contribution >= 4 is 32.7 Å². The standard InChI is InChI=1S/C17H11BrO2/c18-16-14(6-3-7-15(16)17(19)20)13-9-8-11-4-1-2-5-12(11)10-13/h1-10H,(H,19,20). The van der Waals surface area contributed by atoms with E-state index in [2.05, 4.69) is 28.1 Å². The number of carboxylic acids is 1. The lowest BCUT2D eigenvalue weighted by molar-refractivity contribution is 0.0696. The molecule has 0 radical (unpaired) electrons. The Morgan fingerprint density at radius 3 is 2.40 bits per heavy atom. The molecule has 3 heteroatoms. The molecular weight excluding hydrogens is 316 g/mol. The summed E-state index contributed by atoms with van der Waals surface area (Å²) in [5.41, 5.74) is 2.16. The summed E-state index contributed by atoms with van der Waals surface area (Å²) in [7, 11) is 0. The molecule has 1 N–H and O–H groups in total. The van der Waals surface area contributed by atoms with Gasteiger partial charge in [0.2, 0.25) is 0 Å². The predicted octanol–water partition coefficient (Wildman–Crippen LogP) is 4.97. The van der Waals surface area contributed by atoms with Crippen molar-refractivity contribution in [3.05, 3.63) is 70.7 Å². The van der Waals surface area contributed by atoms with Crippen molar-refractivity contribution in [1.29, 1.82) is 0 Å². The lowest BCUT2D eigenvalue weighted by Gasteiger charge is -2.08. The summed E-state index contributed by atoms with van der Waals surface area (Å²) in [5, 5.41) is 11.5. The van der Waals surface area contributed by atoms with E-state index in [0.717, 1.165) is 16.5 Å². The number of carboxylic acid groups (broad SMARTS) is 1. The highest BCUT2D eigenvalue weighted by molar-refractivity contribution is 9.10. The SMILES string of the molecule is O=C(O)c1cccc(-c2ccc3ccccc3c2)c1Br. The minimum atomic E-state index is -0.931. The van der Waals surface area contributed by atoms with Crippen molar-refractivity contribution in [3.63, 3.8) is 0 Å². The molecule has 0 atom stereocenters. The number of hydrogen-bond donors (Lipinski definition) is 1. The van der Waals surface area contributed by atoms with Crippen LogP contribution in [0.15, 0.2) is 65.1 Å². The van der Waals surface area contributed by atoms with E-state index in [9.17, 15) is 9.90 Å². The van der Waals surface area contributed by atoms with Crippen molar-refractivity contribution in [2.45, 2.75) is 0 Å². The molecule has 0 spiro atoms. The van der Waals surface area contributed by atoms with Gasteiger partial charge in [-0.05, 0) is 50.0 Å². The predicted molar refractivity (Wildman–Crippen MR) is 84.0 cm³/mol. The molecule has 0 aliphatic heterocycles. The minimum absolute atomic E-state index is 0.274. The van der Waals surface area contributed by atoms with Crippen LogP contribution in [-0.2, 0) is 0 Å². The molecule has 0 saturated heterocycles. The van der Waals surface area contributed by atoms with Crippen LogP contribution in [0.2, 0.25) is 0 Å². The molecule has 0 amide bonds. The van der Waals surface area contributed by atoms with Crippen LogP contribution in [0.4, 0.5) is 0 Å². The van der Waals surface area contributed by atoms with Gasteiger partial charge < -0.3 is 5.11 Å². The monoisotopic (exact) mass is 326 g/mol. The quantitative estimate of drug-likeness (QED) is 0.722. The van der Waals surface area contributed by atoms with Gasteiger partial charge in [-0.1, -0.05) is 48.5 Å². The molecular formula is C17H11BrO2. The molecule has 0 aromatic heterocycles. The molecule has 98 valence electrons. The Bertz CT molecular complexity index is 809. The summed E-state index contributed by atoms with van der Waals surface area (Å²) in [4.78, 5) is 11.2. The summed E-state index contributed by atoms with van der Waals surface area (Å²) in [5.74, 6) is -0.931. The van der Waals surface area contributed by atoms with Gasteiger partial charge in [-0.3, -0.25) is 0 Å². The number of halogens is 1. The number of benzene rings is 3. The van der Waals surface area contributed by atoms with E-state index in [4.69, 9.17) is 0 Å². The Morgan fingerprint density at radius 1 is 0.900 bits per heavy atom. The van der Waals surface area contributed by atoms with E-state index in [1.807, 2.05) is 36.4 Å². The summed E-state index contributed by atoms with van der Waals surface area (Å²) in [6.07, 6.45) is 0. The van der Waals surface area contributed by atoms with Gasteiger partial charge in [0.15, 0.2) is 0 Å². The second kappa shape index (κ2) is 5.10. The van der Waals surface area contributed by atoms with Crippen LogP contribution in [0.1, 0.15) is 10.4 Å². The van der Waals surface area contributed by atoms with E-state index >= 15 is 0 Å². The molecule has 3 rings (SSSR count). The topological polar surface area (TPSA) is 37.3 Å². The summed E-state index contributed by atoms with van der Waals surface area (Å²) >= 11 is 3.40. The van der Waals surface area contributed by atoms with Gasteiger partial charge in [-0.25, -0.2) is 4.79 Å². The molecule has 0 aliphatic carbocycles. The van der Waals surface area contributed by atoms with Gasteiger partial charge in [0.1, 0.15) is 0 Å². The second-order valence-corrected chi connectivity index (χ2v) is 5.33. The van der Waals surface area contributed by atoms with Crippen LogP contribution < -0.4 is 0 Å². The third kappa shape index (κ3) is 2.21. The number of carbonyl (C=O) groups is 1. The molecule has 0 fully saturated rings. The first-order valence-electron chi connectivity index (χ1n) is 6.18. The first-order chi connectivity index (χ1) is 9.66.